The van der Waals surface area contributed by atoms with E-state index >= 15 is 0 Å². The van der Waals surface area contributed by atoms with Crippen molar-refractivity contribution in [2.45, 2.75) is 32.6 Å². The SMILES string of the molecule is CC(CO)CCCNCCCCO. The summed E-state index contributed by atoms with van der Waals surface area (Å²) >= 11 is 0. The molecule has 0 aromatic carbocycles. The van der Waals surface area contributed by atoms with E-state index in [1.54, 1.807) is 0 Å². The molecule has 0 radical (unpaired) electrons. The van der Waals surface area contributed by atoms with Crippen molar-refractivity contribution in [3.63, 3.8) is 0 Å². The molecule has 0 aliphatic rings. The quantitative estimate of drug-likeness (QED) is 0.469. The van der Waals surface area contributed by atoms with Crippen molar-refractivity contribution in [3.8, 4) is 0 Å². The predicted molar refractivity (Wildman–Crippen MR) is 54.7 cm³/mol. The molecule has 3 heteroatoms. The molecule has 0 bridgehead atoms. The molecule has 0 aliphatic heterocycles. The first-order chi connectivity index (χ1) is 6.31. The fourth-order valence-electron chi connectivity index (χ4n) is 1.15. The van der Waals surface area contributed by atoms with Gasteiger partial charge in [-0.1, -0.05) is 6.92 Å². The van der Waals surface area contributed by atoms with Gasteiger partial charge >= 0.3 is 0 Å². The molecule has 0 aromatic heterocycles. The van der Waals surface area contributed by atoms with Crippen LogP contribution in [0.25, 0.3) is 0 Å². The molecule has 80 valence electrons. The van der Waals surface area contributed by atoms with Gasteiger partial charge in [-0.15, -0.1) is 0 Å². The minimum atomic E-state index is 0.295. The highest BCUT2D eigenvalue weighted by molar-refractivity contribution is 4.53. The van der Waals surface area contributed by atoms with E-state index in [1.165, 1.54) is 0 Å². The summed E-state index contributed by atoms with van der Waals surface area (Å²) in [6, 6.07) is 0. The number of rotatable bonds is 9. The van der Waals surface area contributed by atoms with E-state index in [2.05, 4.69) is 12.2 Å². The second kappa shape index (κ2) is 9.96. The third-order valence-electron chi connectivity index (χ3n) is 2.12. The van der Waals surface area contributed by atoms with Crippen LogP contribution in [0.15, 0.2) is 0 Å². The molecule has 0 amide bonds. The number of aliphatic hydroxyl groups excluding tert-OH is 2. The van der Waals surface area contributed by atoms with Gasteiger partial charge in [0, 0.05) is 13.2 Å². The van der Waals surface area contributed by atoms with Gasteiger partial charge in [-0.2, -0.15) is 0 Å². The first kappa shape index (κ1) is 12.9. The second-order valence-electron chi connectivity index (χ2n) is 3.61. The van der Waals surface area contributed by atoms with Crippen LogP contribution in [0.3, 0.4) is 0 Å². The Balaban J connectivity index is 2.91. The van der Waals surface area contributed by atoms with E-state index in [-0.39, 0.29) is 0 Å². The van der Waals surface area contributed by atoms with Gasteiger partial charge in [0.2, 0.25) is 0 Å². The van der Waals surface area contributed by atoms with Crippen LogP contribution in [0.2, 0.25) is 0 Å². The lowest BCUT2D eigenvalue weighted by Gasteiger charge is -2.07. The second-order valence-corrected chi connectivity index (χ2v) is 3.61. The Morgan fingerprint density at radius 3 is 2.38 bits per heavy atom. The lowest BCUT2D eigenvalue weighted by molar-refractivity contribution is 0.228. The lowest BCUT2D eigenvalue weighted by Crippen LogP contribution is -2.17. The zero-order valence-electron chi connectivity index (χ0n) is 8.63. The summed E-state index contributed by atoms with van der Waals surface area (Å²) in [5, 5.41) is 20.6. The predicted octanol–water partition coefficient (Wildman–Crippen LogP) is 0.757. The molecule has 0 heterocycles. The van der Waals surface area contributed by atoms with E-state index in [9.17, 15) is 0 Å². The van der Waals surface area contributed by atoms with E-state index in [0.717, 1.165) is 38.8 Å². The van der Waals surface area contributed by atoms with Crippen molar-refractivity contribution in [2.75, 3.05) is 26.3 Å². The van der Waals surface area contributed by atoms with Gasteiger partial charge in [0.15, 0.2) is 0 Å². The van der Waals surface area contributed by atoms with Crippen LogP contribution in [0, 0.1) is 5.92 Å². The van der Waals surface area contributed by atoms with Crippen LogP contribution in [-0.2, 0) is 0 Å². The maximum atomic E-state index is 8.76. The minimum Gasteiger partial charge on any atom is -0.396 e. The van der Waals surface area contributed by atoms with Gasteiger partial charge in [0.1, 0.15) is 0 Å². The molecule has 13 heavy (non-hydrogen) atoms. The first-order valence-electron chi connectivity index (χ1n) is 5.23. The highest BCUT2D eigenvalue weighted by Gasteiger charge is 1.98. The Morgan fingerprint density at radius 1 is 1.08 bits per heavy atom. The summed E-state index contributed by atoms with van der Waals surface area (Å²) in [6.07, 6.45) is 4.15. The number of hydrogen-bond acceptors (Lipinski definition) is 3. The Hall–Kier alpha value is -0.120. The molecule has 0 saturated heterocycles. The summed E-state index contributed by atoms with van der Waals surface area (Å²) in [4.78, 5) is 0. The molecule has 3 nitrogen and oxygen atoms in total. The monoisotopic (exact) mass is 189 g/mol. The summed E-state index contributed by atoms with van der Waals surface area (Å²) in [5.41, 5.74) is 0. The van der Waals surface area contributed by atoms with Gasteiger partial charge in [-0.25, -0.2) is 0 Å². The molecule has 0 saturated carbocycles. The lowest BCUT2D eigenvalue weighted by atomic mass is 10.1. The molecular weight excluding hydrogens is 166 g/mol. The Kier molecular flexibility index (Phi) is 9.87. The van der Waals surface area contributed by atoms with Gasteiger partial charge in [0.25, 0.3) is 0 Å². The molecule has 1 unspecified atom stereocenters. The van der Waals surface area contributed by atoms with Crippen LogP contribution in [0.4, 0.5) is 0 Å². The minimum absolute atomic E-state index is 0.295. The van der Waals surface area contributed by atoms with Crippen LogP contribution in [0.1, 0.15) is 32.6 Å². The Labute approximate surface area is 81.2 Å². The summed E-state index contributed by atoms with van der Waals surface area (Å²) < 4.78 is 0. The fraction of sp³-hybridized carbons (Fsp3) is 1.00. The highest BCUT2D eigenvalue weighted by Crippen LogP contribution is 2.02. The molecule has 0 aromatic rings. The van der Waals surface area contributed by atoms with Crippen molar-refractivity contribution >= 4 is 0 Å². The number of nitrogens with one attached hydrogen (secondary N) is 1. The topological polar surface area (TPSA) is 52.5 Å². The first-order valence-corrected chi connectivity index (χ1v) is 5.23. The summed E-state index contributed by atoms with van der Waals surface area (Å²) in [5.74, 6) is 0.430. The van der Waals surface area contributed by atoms with Crippen molar-refractivity contribution in [3.05, 3.63) is 0 Å². The van der Waals surface area contributed by atoms with Crippen molar-refractivity contribution in [1.82, 2.24) is 5.32 Å². The third kappa shape index (κ3) is 9.80. The molecule has 0 spiro atoms. The zero-order chi connectivity index (χ0) is 9.94. The number of aliphatic hydroxyl groups is 2. The van der Waals surface area contributed by atoms with Gasteiger partial charge < -0.3 is 15.5 Å². The fourth-order valence-corrected chi connectivity index (χ4v) is 1.15. The van der Waals surface area contributed by atoms with Crippen LogP contribution < -0.4 is 5.32 Å². The standard InChI is InChI=1S/C10H23NO2/c1-10(9-13)5-4-7-11-6-2-3-8-12/h10-13H,2-9H2,1H3. The van der Waals surface area contributed by atoms with Crippen molar-refractivity contribution in [2.24, 2.45) is 5.92 Å². The molecule has 3 N–H and O–H groups in total. The normalized spacial score (nSPS) is 13.2. The largest absolute Gasteiger partial charge is 0.396 e. The van der Waals surface area contributed by atoms with Crippen LogP contribution >= 0.6 is 0 Å². The summed E-state index contributed by atoms with van der Waals surface area (Å²) in [7, 11) is 0. The molecular formula is C10H23NO2. The van der Waals surface area contributed by atoms with Crippen LogP contribution in [-0.4, -0.2) is 36.5 Å². The average Bonchev–Trinajstić information content (AvgIpc) is 2.16. The molecule has 0 aliphatic carbocycles. The molecule has 1 atom stereocenters. The zero-order valence-corrected chi connectivity index (χ0v) is 8.63. The van der Waals surface area contributed by atoms with E-state index < -0.39 is 0 Å². The van der Waals surface area contributed by atoms with Crippen LogP contribution in [0.5, 0.6) is 0 Å². The maximum Gasteiger partial charge on any atom is 0.0456 e. The van der Waals surface area contributed by atoms with E-state index in [0.29, 0.717) is 19.1 Å². The molecule has 0 fully saturated rings. The highest BCUT2D eigenvalue weighted by atomic mass is 16.3. The third-order valence-corrected chi connectivity index (χ3v) is 2.12. The maximum absolute atomic E-state index is 8.76. The van der Waals surface area contributed by atoms with E-state index in [1.807, 2.05) is 0 Å². The number of unbranched alkanes of at least 4 members (excludes halogenated alkanes) is 1. The number of hydrogen-bond donors (Lipinski definition) is 3. The average molecular weight is 189 g/mol. The van der Waals surface area contributed by atoms with E-state index in [4.69, 9.17) is 10.2 Å². The van der Waals surface area contributed by atoms with Gasteiger partial charge in [-0.3, -0.25) is 0 Å². The van der Waals surface area contributed by atoms with Crippen molar-refractivity contribution in [1.29, 1.82) is 0 Å². The summed E-state index contributed by atoms with van der Waals surface area (Å²) in [6.45, 7) is 4.67. The van der Waals surface area contributed by atoms with Gasteiger partial charge in [-0.05, 0) is 44.7 Å². The Morgan fingerprint density at radius 2 is 1.77 bits per heavy atom. The van der Waals surface area contributed by atoms with Gasteiger partial charge in [0.05, 0.1) is 0 Å². The molecule has 0 rings (SSSR count). The Bertz CT molecular complexity index is 98.9. The smallest absolute Gasteiger partial charge is 0.0456 e. The van der Waals surface area contributed by atoms with Crippen molar-refractivity contribution < 1.29 is 10.2 Å².